The first-order chi connectivity index (χ1) is 17.6. The molecule has 1 atom stereocenters. The summed E-state index contributed by atoms with van der Waals surface area (Å²) in [5.41, 5.74) is 3.68. The Morgan fingerprint density at radius 1 is 1.14 bits per heavy atom. The summed E-state index contributed by atoms with van der Waals surface area (Å²) in [6, 6.07) is 18.1. The number of halogens is 1. The van der Waals surface area contributed by atoms with Crippen LogP contribution in [0.15, 0.2) is 92.2 Å². The molecular formula is C27H23BrN4O3S. The van der Waals surface area contributed by atoms with Gasteiger partial charge in [0.25, 0.3) is 5.56 Å². The Balaban J connectivity index is 1.21. The number of morpholine rings is 1. The lowest BCUT2D eigenvalue weighted by atomic mass is 10.1. The van der Waals surface area contributed by atoms with E-state index in [1.807, 2.05) is 36.5 Å². The molecule has 0 saturated carbocycles. The maximum absolute atomic E-state index is 12.3. The molecule has 0 aliphatic carbocycles. The predicted molar refractivity (Wildman–Crippen MR) is 144 cm³/mol. The van der Waals surface area contributed by atoms with Gasteiger partial charge < -0.3 is 24.7 Å². The molecule has 1 unspecified atom stereocenters. The Morgan fingerprint density at radius 3 is 2.97 bits per heavy atom. The van der Waals surface area contributed by atoms with Crippen molar-refractivity contribution in [1.82, 2.24) is 9.97 Å². The minimum atomic E-state index is -0.199. The monoisotopic (exact) mass is 562 g/mol. The van der Waals surface area contributed by atoms with E-state index in [-0.39, 0.29) is 11.7 Å². The number of hydrogen-bond acceptors (Lipinski definition) is 7. The van der Waals surface area contributed by atoms with E-state index in [2.05, 4.69) is 60.4 Å². The number of aromatic amines is 1. The third kappa shape index (κ3) is 4.74. The highest BCUT2D eigenvalue weighted by molar-refractivity contribution is 9.10. The maximum Gasteiger partial charge on any atom is 0.271 e. The third-order valence-corrected chi connectivity index (χ3v) is 7.71. The van der Waals surface area contributed by atoms with Gasteiger partial charge in [-0.25, -0.2) is 0 Å². The average Bonchev–Trinajstić information content (AvgIpc) is 2.91. The first kappa shape index (κ1) is 23.1. The Labute approximate surface area is 221 Å². The van der Waals surface area contributed by atoms with Crippen LogP contribution in [-0.4, -0.2) is 29.7 Å². The van der Waals surface area contributed by atoms with E-state index in [1.54, 1.807) is 24.2 Å². The van der Waals surface area contributed by atoms with E-state index in [4.69, 9.17) is 9.47 Å². The molecule has 9 heteroatoms. The van der Waals surface area contributed by atoms with Gasteiger partial charge in [0.15, 0.2) is 0 Å². The molecule has 2 aliphatic rings. The zero-order chi connectivity index (χ0) is 24.5. The average molecular weight is 563 g/mol. The number of nitrogens with zero attached hydrogens (tertiary/aromatic N) is 2. The minimum absolute atomic E-state index is 0.0884. The highest BCUT2D eigenvalue weighted by atomic mass is 79.9. The molecule has 182 valence electrons. The molecule has 0 bridgehead atoms. The minimum Gasteiger partial charge on any atom is -0.455 e. The number of ether oxygens (including phenoxy) is 2. The summed E-state index contributed by atoms with van der Waals surface area (Å²) in [5.74, 6) is 1.64. The molecule has 2 aromatic heterocycles. The highest BCUT2D eigenvalue weighted by Crippen LogP contribution is 2.50. The van der Waals surface area contributed by atoms with Gasteiger partial charge in [0.05, 0.1) is 16.4 Å². The number of fused-ring (bicyclic) bond motifs is 2. The van der Waals surface area contributed by atoms with Crippen molar-refractivity contribution in [3.05, 3.63) is 99.1 Å². The van der Waals surface area contributed by atoms with Crippen molar-refractivity contribution < 1.29 is 9.47 Å². The summed E-state index contributed by atoms with van der Waals surface area (Å²) in [4.78, 5) is 23.5. The fourth-order valence-electron chi connectivity index (χ4n) is 4.46. The summed E-state index contributed by atoms with van der Waals surface area (Å²) < 4.78 is 13.5. The van der Waals surface area contributed by atoms with Crippen LogP contribution in [0.1, 0.15) is 17.2 Å². The second-order valence-corrected chi connectivity index (χ2v) is 10.6. The Hall–Kier alpha value is -3.27. The zero-order valence-corrected chi connectivity index (χ0v) is 21.6. The molecule has 0 radical (unpaired) electrons. The predicted octanol–water partition coefficient (Wildman–Crippen LogP) is 5.98. The van der Waals surface area contributed by atoms with Gasteiger partial charge in [0.1, 0.15) is 23.3 Å². The quantitative estimate of drug-likeness (QED) is 0.273. The number of H-pyrrole nitrogens is 1. The lowest BCUT2D eigenvalue weighted by Crippen LogP contribution is -2.41. The van der Waals surface area contributed by atoms with Crippen LogP contribution in [0.5, 0.6) is 11.5 Å². The topological polar surface area (TPSA) is 79.5 Å². The number of hydrogen-bond donors (Lipinski definition) is 2. The molecule has 2 aliphatic heterocycles. The normalized spacial score (nSPS) is 16.6. The summed E-state index contributed by atoms with van der Waals surface area (Å²) in [6.07, 6.45) is 5.09. The van der Waals surface area contributed by atoms with E-state index < -0.39 is 0 Å². The number of para-hydroxylation sites is 1. The van der Waals surface area contributed by atoms with Crippen molar-refractivity contribution in [3.8, 4) is 11.5 Å². The number of benzene rings is 2. The number of nitrogens with one attached hydrogen (secondary N) is 2. The van der Waals surface area contributed by atoms with Crippen molar-refractivity contribution >= 4 is 39.1 Å². The molecule has 7 nitrogen and oxygen atoms in total. The number of rotatable bonds is 5. The summed E-state index contributed by atoms with van der Waals surface area (Å²) in [7, 11) is 0. The summed E-state index contributed by atoms with van der Waals surface area (Å²) in [6.45, 7) is 2.47. The van der Waals surface area contributed by atoms with Gasteiger partial charge in [-0.1, -0.05) is 23.9 Å². The smallest absolute Gasteiger partial charge is 0.271 e. The Kier molecular flexibility index (Phi) is 6.43. The molecule has 1 saturated heterocycles. The number of pyridine rings is 2. The maximum atomic E-state index is 12.3. The Bertz CT molecular complexity index is 1480. The first-order valence-corrected chi connectivity index (χ1v) is 13.3. The van der Waals surface area contributed by atoms with Crippen LogP contribution in [0.25, 0.3) is 0 Å². The van der Waals surface area contributed by atoms with Crippen molar-refractivity contribution in [2.75, 3.05) is 29.9 Å². The van der Waals surface area contributed by atoms with E-state index in [1.165, 1.54) is 0 Å². The van der Waals surface area contributed by atoms with Crippen LogP contribution >= 0.6 is 27.7 Å². The van der Waals surface area contributed by atoms with Gasteiger partial charge >= 0.3 is 0 Å². The summed E-state index contributed by atoms with van der Waals surface area (Å²) >= 11 is 5.16. The van der Waals surface area contributed by atoms with Crippen LogP contribution < -0.4 is 20.5 Å². The van der Waals surface area contributed by atoms with Gasteiger partial charge in [-0.3, -0.25) is 9.78 Å². The largest absolute Gasteiger partial charge is 0.455 e. The molecule has 2 aromatic carbocycles. The second-order valence-electron chi connectivity index (χ2n) is 8.60. The van der Waals surface area contributed by atoms with Crippen molar-refractivity contribution in [2.45, 2.75) is 22.4 Å². The third-order valence-electron chi connectivity index (χ3n) is 6.19. The van der Waals surface area contributed by atoms with E-state index in [0.29, 0.717) is 31.9 Å². The highest BCUT2D eigenvalue weighted by Gasteiger charge is 2.29. The van der Waals surface area contributed by atoms with Crippen LogP contribution in [0.3, 0.4) is 0 Å². The molecule has 0 amide bonds. The molecule has 4 heterocycles. The summed E-state index contributed by atoms with van der Waals surface area (Å²) in [5, 5.41) is 3.47. The van der Waals surface area contributed by atoms with Crippen molar-refractivity contribution in [3.63, 3.8) is 0 Å². The van der Waals surface area contributed by atoms with Crippen LogP contribution in [0, 0.1) is 0 Å². The zero-order valence-electron chi connectivity index (χ0n) is 19.2. The van der Waals surface area contributed by atoms with Gasteiger partial charge in [0.2, 0.25) is 0 Å². The number of anilines is 2. The second kappa shape index (κ2) is 10.0. The van der Waals surface area contributed by atoms with E-state index in [9.17, 15) is 4.79 Å². The lowest BCUT2D eigenvalue weighted by Gasteiger charge is -2.35. The first-order valence-electron chi connectivity index (χ1n) is 11.6. The van der Waals surface area contributed by atoms with Gasteiger partial charge in [-0.2, -0.15) is 0 Å². The molecule has 2 N–H and O–H groups in total. The molecule has 36 heavy (non-hydrogen) atoms. The lowest BCUT2D eigenvalue weighted by molar-refractivity contribution is 0.0382. The molecular weight excluding hydrogens is 540 g/mol. The Morgan fingerprint density at radius 2 is 2.08 bits per heavy atom. The van der Waals surface area contributed by atoms with Crippen LogP contribution in [-0.2, 0) is 11.3 Å². The fraction of sp³-hybridized carbons (Fsp3) is 0.185. The van der Waals surface area contributed by atoms with E-state index >= 15 is 0 Å². The number of aromatic nitrogens is 2. The molecule has 0 spiro atoms. The van der Waals surface area contributed by atoms with Crippen LogP contribution in [0.4, 0.5) is 11.4 Å². The SMILES string of the molecule is O=c1[nH]cccc1N1CCOC(c2cccc3c2Oc2ccc(NCc4cncc(Br)c4)cc2S3)C1. The van der Waals surface area contributed by atoms with Crippen molar-refractivity contribution in [2.24, 2.45) is 0 Å². The van der Waals surface area contributed by atoms with Gasteiger partial charge in [0, 0.05) is 53.9 Å². The molecule has 4 aromatic rings. The standard InChI is InChI=1S/C27H23BrN4O3S/c28-18-11-17(13-29-15-18)14-31-19-6-7-22-25(12-19)36-24-5-1-3-20(26(24)35-22)23-16-32(9-10-34-23)21-4-2-8-30-27(21)33/h1-8,11-13,15,23,31H,9-10,14,16H2,(H,30,33). The van der Waals surface area contributed by atoms with E-state index in [0.717, 1.165) is 42.6 Å². The van der Waals surface area contributed by atoms with Gasteiger partial charge in [-0.15, -0.1) is 0 Å². The van der Waals surface area contributed by atoms with Crippen LogP contribution in [0.2, 0.25) is 0 Å². The van der Waals surface area contributed by atoms with Crippen molar-refractivity contribution in [1.29, 1.82) is 0 Å². The van der Waals surface area contributed by atoms with Gasteiger partial charge in [-0.05, 0) is 64.0 Å². The molecule has 6 rings (SSSR count). The molecule has 1 fully saturated rings. The fourth-order valence-corrected chi connectivity index (χ4v) is 5.91.